The Bertz CT molecular complexity index is 521. The minimum absolute atomic E-state index is 0.451. The van der Waals surface area contributed by atoms with Gasteiger partial charge in [0.1, 0.15) is 5.60 Å². The van der Waals surface area contributed by atoms with Crippen molar-refractivity contribution in [2.75, 3.05) is 6.54 Å². The molecule has 0 aliphatic rings. The first-order chi connectivity index (χ1) is 8.49. The molecule has 98 valence electrons. The van der Waals surface area contributed by atoms with Crippen molar-refractivity contribution in [3.05, 3.63) is 39.3 Å². The summed E-state index contributed by atoms with van der Waals surface area (Å²) in [5, 5.41) is 20.4. The first-order valence-corrected chi connectivity index (χ1v) is 6.89. The summed E-state index contributed by atoms with van der Waals surface area (Å²) in [4.78, 5) is 1.08. The fourth-order valence-electron chi connectivity index (χ4n) is 1.67. The van der Waals surface area contributed by atoms with Crippen LogP contribution in [-0.2, 0) is 19.2 Å². The van der Waals surface area contributed by atoms with E-state index in [1.165, 1.54) is 0 Å². The smallest absolute Gasteiger partial charge is 0.102 e. The van der Waals surface area contributed by atoms with Gasteiger partial charge in [0, 0.05) is 36.8 Å². The molecule has 0 aliphatic carbocycles. The Balaban J connectivity index is 1.91. The highest BCUT2D eigenvalue weighted by Crippen LogP contribution is 2.22. The van der Waals surface area contributed by atoms with Gasteiger partial charge in [-0.3, -0.25) is 4.68 Å². The van der Waals surface area contributed by atoms with Crippen LogP contribution in [0.1, 0.15) is 17.4 Å². The van der Waals surface area contributed by atoms with Crippen molar-refractivity contribution < 1.29 is 5.11 Å². The summed E-state index contributed by atoms with van der Waals surface area (Å²) in [6.45, 7) is 2.88. The quantitative estimate of drug-likeness (QED) is 0.885. The number of aryl methyl sites for hydroxylation is 1. The monoisotopic (exact) mass is 285 g/mol. The molecular weight excluding hydrogens is 270 g/mol. The highest BCUT2D eigenvalue weighted by molar-refractivity contribution is 7.10. The van der Waals surface area contributed by atoms with E-state index in [4.69, 9.17) is 11.6 Å². The Labute approximate surface area is 115 Å². The lowest BCUT2D eigenvalue weighted by Crippen LogP contribution is -2.34. The molecule has 1 atom stereocenters. The zero-order chi connectivity index (χ0) is 13.2. The zero-order valence-electron chi connectivity index (χ0n) is 10.4. The number of rotatable bonds is 5. The molecule has 0 saturated heterocycles. The lowest BCUT2D eigenvalue weighted by Gasteiger charge is -2.22. The highest BCUT2D eigenvalue weighted by Gasteiger charge is 2.24. The van der Waals surface area contributed by atoms with Crippen LogP contribution < -0.4 is 5.32 Å². The Hall–Kier alpha value is -0.880. The average Bonchev–Trinajstić information content (AvgIpc) is 2.89. The molecule has 18 heavy (non-hydrogen) atoms. The van der Waals surface area contributed by atoms with Crippen molar-refractivity contribution >= 4 is 22.9 Å². The molecular formula is C12H16ClN3OS. The number of aromatic nitrogens is 2. The molecule has 0 bridgehead atoms. The van der Waals surface area contributed by atoms with Crippen molar-refractivity contribution in [1.29, 1.82) is 0 Å². The van der Waals surface area contributed by atoms with Crippen LogP contribution in [0.4, 0.5) is 0 Å². The van der Waals surface area contributed by atoms with Gasteiger partial charge in [0.25, 0.3) is 0 Å². The van der Waals surface area contributed by atoms with Crippen molar-refractivity contribution in [2.24, 2.45) is 7.05 Å². The Morgan fingerprint density at radius 2 is 2.39 bits per heavy atom. The van der Waals surface area contributed by atoms with Gasteiger partial charge in [-0.25, -0.2) is 0 Å². The van der Waals surface area contributed by atoms with Crippen molar-refractivity contribution in [3.8, 4) is 0 Å². The minimum atomic E-state index is -0.933. The topological polar surface area (TPSA) is 50.1 Å². The number of halogens is 1. The summed E-state index contributed by atoms with van der Waals surface area (Å²) in [6, 6.07) is 1.88. The third kappa shape index (κ3) is 3.11. The molecule has 0 aliphatic heterocycles. The molecule has 2 aromatic rings. The summed E-state index contributed by atoms with van der Waals surface area (Å²) in [5.41, 5.74) is -0.132. The normalized spacial score (nSPS) is 14.7. The van der Waals surface area contributed by atoms with E-state index in [0.717, 1.165) is 15.5 Å². The molecule has 0 saturated carbocycles. The van der Waals surface area contributed by atoms with Crippen molar-refractivity contribution in [3.63, 3.8) is 0 Å². The third-order valence-electron chi connectivity index (χ3n) is 2.77. The predicted molar refractivity (Wildman–Crippen MR) is 73.8 cm³/mol. The number of hydrogen-bond donors (Lipinski definition) is 2. The van der Waals surface area contributed by atoms with Crippen LogP contribution in [0.25, 0.3) is 0 Å². The molecule has 0 spiro atoms. The van der Waals surface area contributed by atoms with Gasteiger partial charge in [0.2, 0.25) is 0 Å². The average molecular weight is 286 g/mol. The standard InChI is InChI=1S/C12H16ClN3OS/c1-12(17,9-5-15-16(2)7-9)8-14-6-11-10(13)3-4-18-11/h3-5,7,14,17H,6,8H2,1-2H3/t12-/m1/s1. The summed E-state index contributed by atoms with van der Waals surface area (Å²) in [6.07, 6.45) is 3.50. The van der Waals surface area contributed by atoms with E-state index < -0.39 is 5.60 Å². The van der Waals surface area contributed by atoms with Crippen LogP contribution in [0.15, 0.2) is 23.8 Å². The van der Waals surface area contributed by atoms with E-state index in [-0.39, 0.29) is 0 Å². The lowest BCUT2D eigenvalue weighted by molar-refractivity contribution is 0.0566. The van der Waals surface area contributed by atoms with Crippen molar-refractivity contribution in [1.82, 2.24) is 15.1 Å². The molecule has 2 heterocycles. The van der Waals surface area contributed by atoms with E-state index >= 15 is 0 Å². The molecule has 0 radical (unpaired) electrons. The van der Waals surface area contributed by atoms with Gasteiger partial charge in [-0.1, -0.05) is 11.6 Å². The molecule has 0 unspecified atom stereocenters. The van der Waals surface area contributed by atoms with Crippen LogP contribution in [0.2, 0.25) is 5.02 Å². The second kappa shape index (κ2) is 5.40. The first kappa shape index (κ1) is 13.5. The largest absolute Gasteiger partial charge is 0.384 e. The molecule has 0 aromatic carbocycles. The molecule has 6 heteroatoms. The van der Waals surface area contributed by atoms with Crippen LogP contribution in [-0.4, -0.2) is 21.4 Å². The first-order valence-electron chi connectivity index (χ1n) is 5.63. The Kier molecular flexibility index (Phi) is 4.07. The number of nitrogens with one attached hydrogen (secondary N) is 1. The fourth-order valence-corrected chi connectivity index (χ4v) is 2.74. The summed E-state index contributed by atoms with van der Waals surface area (Å²) < 4.78 is 1.68. The fraction of sp³-hybridized carbons (Fsp3) is 0.417. The summed E-state index contributed by atoms with van der Waals surface area (Å²) >= 11 is 7.61. The van der Waals surface area contributed by atoms with E-state index in [1.807, 2.05) is 24.7 Å². The lowest BCUT2D eigenvalue weighted by atomic mass is 10.00. The molecule has 0 fully saturated rings. The van der Waals surface area contributed by atoms with Crippen molar-refractivity contribution in [2.45, 2.75) is 19.1 Å². The summed E-state index contributed by atoms with van der Waals surface area (Å²) in [5.74, 6) is 0. The Morgan fingerprint density at radius 1 is 1.61 bits per heavy atom. The van der Waals surface area contributed by atoms with E-state index in [9.17, 15) is 5.11 Å². The van der Waals surface area contributed by atoms with Gasteiger partial charge >= 0.3 is 0 Å². The molecule has 0 amide bonds. The maximum Gasteiger partial charge on any atom is 0.102 e. The maximum absolute atomic E-state index is 10.4. The van der Waals surface area contributed by atoms with Crippen LogP contribution >= 0.6 is 22.9 Å². The van der Waals surface area contributed by atoms with Gasteiger partial charge < -0.3 is 10.4 Å². The van der Waals surface area contributed by atoms with Gasteiger partial charge in [-0.15, -0.1) is 11.3 Å². The van der Waals surface area contributed by atoms with E-state index in [2.05, 4.69) is 10.4 Å². The van der Waals surface area contributed by atoms with Gasteiger partial charge in [-0.05, 0) is 18.4 Å². The number of nitrogens with zero attached hydrogens (tertiary/aromatic N) is 2. The number of thiophene rings is 1. The molecule has 2 aromatic heterocycles. The van der Waals surface area contributed by atoms with Crippen LogP contribution in [0.3, 0.4) is 0 Å². The highest BCUT2D eigenvalue weighted by atomic mass is 35.5. The van der Waals surface area contributed by atoms with Crippen LogP contribution in [0.5, 0.6) is 0 Å². The predicted octanol–water partition coefficient (Wildman–Crippen LogP) is 2.13. The number of aliphatic hydroxyl groups is 1. The summed E-state index contributed by atoms with van der Waals surface area (Å²) in [7, 11) is 1.83. The molecule has 2 N–H and O–H groups in total. The van der Waals surface area contributed by atoms with E-state index in [1.54, 1.807) is 29.1 Å². The second-order valence-corrected chi connectivity index (χ2v) is 5.88. The molecule has 2 rings (SSSR count). The third-order valence-corrected chi connectivity index (χ3v) is 4.16. The van der Waals surface area contributed by atoms with Gasteiger partial charge in [0.15, 0.2) is 0 Å². The maximum atomic E-state index is 10.4. The van der Waals surface area contributed by atoms with Crippen LogP contribution in [0, 0.1) is 0 Å². The molecule has 4 nitrogen and oxygen atoms in total. The zero-order valence-corrected chi connectivity index (χ0v) is 11.9. The van der Waals surface area contributed by atoms with Gasteiger partial charge in [0.05, 0.1) is 11.2 Å². The second-order valence-electron chi connectivity index (χ2n) is 4.47. The SMILES string of the molecule is Cn1cc([C@](C)(O)CNCc2sccc2Cl)cn1. The minimum Gasteiger partial charge on any atom is -0.384 e. The number of hydrogen-bond acceptors (Lipinski definition) is 4. The van der Waals surface area contributed by atoms with E-state index in [0.29, 0.717) is 13.1 Å². The van der Waals surface area contributed by atoms with Gasteiger partial charge in [-0.2, -0.15) is 5.10 Å². The Morgan fingerprint density at radius 3 is 2.94 bits per heavy atom.